The van der Waals surface area contributed by atoms with Crippen molar-refractivity contribution in [3.05, 3.63) is 21.9 Å². The average molecular weight is 204 g/mol. The SMILES string of the molecule is Cc1ccsc1C(=O)NCCCl. The van der Waals surface area contributed by atoms with E-state index in [4.69, 9.17) is 11.6 Å². The van der Waals surface area contributed by atoms with Crippen LogP contribution in [0.2, 0.25) is 0 Å². The van der Waals surface area contributed by atoms with Crippen LogP contribution in [0, 0.1) is 6.92 Å². The van der Waals surface area contributed by atoms with Crippen molar-refractivity contribution in [2.75, 3.05) is 12.4 Å². The van der Waals surface area contributed by atoms with Crippen LogP contribution < -0.4 is 5.32 Å². The number of thiophene rings is 1. The van der Waals surface area contributed by atoms with Crippen LogP contribution in [0.15, 0.2) is 11.4 Å². The molecule has 1 aromatic rings. The van der Waals surface area contributed by atoms with Gasteiger partial charge in [0.1, 0.15) is 0 Å². The highest BCUT2D eigenvalue weighted by Crippen LogP contribution is 2.14. The number of aryl methyl sites for hydroxylation is 1. The minimum atomic E-state index is -0.0249. The van der Waals surface area contributed by atoms with Gasteiger partial charge in [0, 0.05) is 12.4 Å². The Morgan fingerprint density at radius 2 is 2.50 bits per heavy atom. The molecule has 4 heteroatoms. The molecule has 1 aromatic heterocycles. The van der Waals surface area contributed by atoms with Crippen LogP contribution in [0.4, 0.5) is 0 Å². The van der Waals surface area contributed by atoms with Gasteiger partial charge in [-0.1, -0.05) is 0 Å². The van der Waals surface area contributed by atoms with E-state index in [1.807, 2.05) is 18.4 Å². The molecule has 1 heterocycles. The Labute approximate surface area is 80.5 Å². The number of carbonyl (C=O) groups is 1. The second kappa shape index (κ2) is 4.48. The monoisotopic (exact) mass is 203 g/mol. The summed E-state index contributed by atoms with van der Waals surface area (Å²) in [4.78, 5) is 12.1. The normalized spacial score (nSPS) is 9.83. The van der Waals surface area contributed by atoms with Crippen molar-refractivity contribution in [2.45, 2.75) is 6.92 Å². The van der Waals surface area contributed by atoms with Gasteiger partial charge in [0.05, 0.1) is 4.88 Å². The summed E-state index contributed by atoms with van der Waals surface area (Å²) in [6.07, 6.45) is 0. The summed E-state index contributed by atoms with van der Waals surface area (Å²) < 4.78 is 0. The predicted molar refractivity (Wildman–Crippen MR) is 52.1 cm³/mol. The van der Waals surface area contributed by atoms with Crippen molar-refractivity contribution in [3.8, 4) is 0 Å². The van der Waals surface area contributed by atoms with E-state index in [0.29, 0.717) is 12.4 Å². The molecule has 12 heavy (non-hydrogen) atoms. The smallest absolute Gasteiger partial charge is 0.261 e. The lowest BCUT2D eigenvalue weighted by atomic mass is 10.3. The molecule has 1 amide bonds. The minimum Gasteiger partial charge on any atom is -0.350 e. The fraction of sp³-hybridized carbons (Fsp3) is 0.375. The van der Waals surface area contributed by atoms with Crippen molar-refractivity contribution in [1.29, 1.82) is 0 Å². The van der Waals surface area contributed by atoms with Crippen LogP contribution in [-0.2, 0) is 0 Å². The Kier molecular flexibility index (Phi) is 3.56. The zero-order chi connectivity index (χ0) is 8.97. The molecular weight excluding hydrogens is 194 g/mol. The zero-order valence-corrected chi connectivity index (χ0v) is 8.34. The van der Waals surface area contributed by atoms with E-state index in [0.717, 1.165) is 10.4 Å². The molecule has 0 atom stereocenters. The Morgan fingerprint density at radius 3 is 3.00 bits per heavy atom. The fourth-order valence-electron chi connectivity index (χ4n) is 0.846. The van der Waals surface area contributed by atoms with Gasteiger partial charge >= 0.3 is 0 Å². The van der Waals surface area contributed by atoms with E-state index in [9.17, 15) is 4.79 Å². The number of rotatable bonds is 3. The van der Waals surface area contributed by atoms with Gasteiger partial charge in [0.15, 0.2) is 0 Å². The van der Waals surface area contributed by atoms with Gasteiger partial charge in [0.2, 0.25) is 0 Å². The van der Waals surface area contributed by atoms with E-state index in [1.165, 1.54) is 11.3 Å². The summed E-state index contributed by atoms with van der Waals surface area (Å²) in [7, 11) is 0. The lowest BCUT2D eigenvalue weighted by Gasteiger charge is -2.00. The van der Waals surface area contributed by atoms with E-state index >= 15 is 0 Å². The molecule has 0 aromatic carbocycles. The third-order valence-electron chi connectivity index (χ3n) is 1.45. The van der Waals surface area contributed by atoms with E-state index in [1.54, 1.807) is 0 Å². The standard InChI is InChI=1S/C8H10ClNOS/c1-6-2-5-12-7(6)8(11)10-4-3-9/h2,5H,3-4H2,1H3,(H,10,11). The van der Waals surface area contributed by atoms with Gasteiger partial charge in [0.25, 0.3) is 5.91 Å². The number of alkyl halides is 1. The highest BCUT2D eigenvalue weighted by atomic mass is 35.5. The van der Waals surface area contributed by atoms with Crippen LogP contribution in [0.1, 0.15) is 15.2 Å². The Bertz CT molecular complexity index is 272. The largest absolute Gasteiger partial charge is 0.350 e. The number of halogens is 1. The first kappa shape index (κ1) is 9.55. The topological polar surface area (TPSA) is 29.1 Å². The maximum atomic E-state index is 11.3. The summed E-state index contributed by atoms with van der Waals surface area (Å²) in [6, 6.07) is 1.93. The van der Waals surface area contributed by atoms with Gasteiger partial charge in [-0.25, -0.2) is 0 Å². The molecule has 0 aliphatic rings. The number of nitrogens with one attached hydrogen (secondary N) is 1. The van der Waals surface area contributed by atoms with Gasteiger partial charge < -0.3 is 5.32 Å². The predicted octanol–water partition coefficient (Wildman–Crippen LogP) is 2.03. The first-order valence-corrected chi connectivity index (χ1v) is 5.05. The molecule has 0 radical (unpaired) electrons. The molecule has 0 saturated heterocycles. The van der Waals surface area contributed by atoms with Crippen molar-refractivity contribution >= 4 is 28.8 Å². The van der Waals surface area contributed by atoms with Gasteiger partial charge in [-0.05, 0) is 23.9 Å². The molecule has 1 rings (SSSR count). The first-order chi connectivity index (χ1) is 5.75. The van der Waals surface area contributed by atoms with Crippen LogP contribution in [0.3, 0.4) is 0 Å². The summed E-state index contributed by atoms with van der Waals surface area (Å²) in [6.45, 7) is 2.45. The van der Waals surface area contributed by atoms with Crippen LogP contribution in [0.25, 0.3) is 0 Å². The van der Waals surface area contributed by atoms with Crippen molar-refractivity contribution < 1.29 is 4.79 Å². The first-order valence-electron chi connectivity index (χ1n) is 3.64. The second-order valence-corrected chi connectivity index (χ2v) is 3.67. The van der Waals surface area contributed by atoms with Crippen LogP contribution in [0.5, 0.6) is 0 Å². The molecular formula is C8H10ClNOS. The van der Waals surface area contributed by atoms with Gasteiger partial charge in [-0.3, -0.25) is 4.79 Å². The molecule has 0 unspecified atom stereocenters. The highest BCUT2D eigenvalue weighted by molar-refractivity contribution is 7.12. The molecule has 0 fully saturated rings. The number of hydrogen-bond donors (Lipinski definition) is 1. The van der Waals surface area contributed by atoms with E-state index in [2.05, 4.69) is 5.32 Å². The van der Waals surface area contributed by atoms with Crippen molar-refractivity contribution in [1.82, 2.24) is 5.32 Å². The lowest BCUT2D eigenvalue weighted by molar-refractivity contribution is 0.0959. The van der Waals surface area contributed by atoms with Crippen molar-refractivity contribution in [3.63, 3.8) is 0 Å². The quantitative estimate of drug-likeness (QED) is 0.749. The molecule has 0 bridgehead atoms. The highest BCUT2D eigenvalue weighted by Gasteiger charge is 2.08. The Morgan fingerprint density at radius 1 is 1.75 bits per heavy atom. The fourth-order valence-corrected chi connectivity index (χ4v) is 1.78. The summed E-state index contributed by atoms with van der Waals surface area (Å²) in [5.41, 5.74) is 1.02. The molecule has 66 valence electrons. The number of amides is 1. The van der Waals surface area contributed by atoms with Crippen LogP contribution in [-0.4, -0.2) is 18.3 Å². The molecule has 0 spiro atoms. The summed E-state index contributed by atoms with van der Waals surface area (Å²) in [5, 5.41) is 4.62. The van der Waals surface area contributed by atoms with E-state index in [-0.39, 0.29) is 5.91 Å². The zero-order valence-electron chi connectivity index (χ0n) is 6.76. The molecule has 0 aliphatic carbocycles. The van der Waals surface area contributed by atoms with Crippen molar-refractivity contribution in [2.24, 2.45) is 0 Å². The summed E-state index contributed by atoms with van der Waals surface area (Å²) in [5.74, 6) is 0.430. The minimum absolute atomic E-state index is 0.0249. The van der Waals surface area contributed by atoms with Gasteiger partial charge in [-0.2, -0.15) is 0 Å². The number of carbonyl (C=O) groups excluding carboxylic acids is 1. The Hall–Kier alpha value is -0.540. The third-order valence-corrected chi connectivity index (χ3v) is 2.65. The average Bonchev–Trinajstić information content (AvgIpc) is 2.47. The maximum absolute atomic E-state index is 11.3. The van der Waals surface area contributed by atoms with Gasteiger partial charge in [-0.15, -0.1) is 22.9 Å². The summed E-state index contributed by atoms with van der Waals surface area (Å²) >= 11 is 6.89. The molecule has 1 N–H and O–H groups in total. The van der Waals surface area contributed by atoms with Crippen LogP contribution >= 0.6 is 22.9 Å². The second-order valence-electron chi connectivity index (χ2n) is 2.38. The maximum Gasteiger partial charge on any atom is 0.261 e. The Balaban J connectivity index is 2.59. The lowest BCUT2D eigenvalue weighted by Crippen LogP contribution is -2.24. The molecule has 0 saturated carbocycles. The molecule has 2 nitrogen and oxygen atoms in total. The molecule has 0 aliphatic heterocycles. The van der Waals surface area contributed by atoms with E-state index < -0.39 is 0 Å². The number of hydrogen-bond acceptors (Lipinski definition) is 2. The third kappa shape index (κ3) is 2.22.